The van der Waals surface area contributed by atoms with Gasteiger partial charge in [-0.3, -0.25) is 4.79 Å². The molecule has 3 N–H and O–H groups in total. The second-order valence-electron chi connectivity index (χ2n) is 10.6. The van der Waals surface area contributed by atoms with E-state index in [9.17, 15) is 19.4 Å². The molecule has 0 unspecified atom stereocenters. The Morgan fingerprint density at radius 1 is 0.657 bits per heavy atom. The first-order valence-electron chi connectivity index (χ1n) is 15.3. The third-order valence-electron chi connectivity index (χ3n) is 7.17. The molecule has 0 radical (unpaired) electrons. The van der Waals surface area contributed by atoms with Crippen LogP contribution >= 0.6 is 0 Å². The highest BCUT2D eigenvalue weighted by Gasteiger charge is 2.28. The molecule has 0 fully saturated rings. The molecule has 0 aromatic carbocycles. The highest BCUT2D eigenvalue weighted by Crippen LogP contribution is 2.16. The lowest BCUT2D eigenvalue weighted by molar-refractivity contribution is -0.123. The van der Waals surface area contributed by atoms with Gasteiger partial charge in [0.15, 0.2) is 0 Å². The van der Waals surface area contributed by atoms with Crippen molar-refractivity contribution in [2.75, 3.05) is 6.61 Å². The number of carbonyl (C=O) groups is 1. The van der Waals surface area contributed by atoms with Crippen LogP contribution in [-0.2, 0) is 4.79 Å². The van der Waals surface area contributed by atoms with Gasteiger partial charge in [0.2, 0.25) is 5.91 Å². The maximum atomic E-state index is 14.5. The number of halogens is 1. The number of aliphatic hydroxyl groups excluding tert-OH is 2. The van der Waals surface area contributed by atoms with Crippen molar-refractivity contribution >= 4 is 5.91 Å². The Bertz CT molecular complexity index is 449. The van der Waals surface area contributed by atoms with Gasteiger partial charge in [0, 0.05) is 6.42 Å². The predicted octanol–water partition coefficient (Wildman–Crippen LogP) is 8.17. The number of hydrogen-bond donors (Lipinski definition) is 3. The average Bonchev–Trinajstić information content (AvgIpc) is 2.86. The Labute approximate surface area is 217 Å². The monoisotopic (exact) mass is 501 g/mol. The minimum atomic E-state index is -1.41. The molecule has 0 aliphatic rings. The molecule has 0 saturated carbocycles. The van der Waals surface area contributed by atoms with Gasteiger partial charge in [-0.15, -0.1) is 0 Å². The van der Waals surface area contributed by atoms with Gasteiger partial charge in [0.1, 0.15) is 12.3 Å². The van der Waals surface area contributed by atoms with E-state index in [1.165, 1.54) is 96.3 Å². The summed E-state index contributed by atoms with van der Waals surface area (Å²) in [5.41, 5.74) is 0. The highest BCUT2D eigenvalue weighted by molar-refractivity contribution is 5.76. The summed E-state index contributed by atoms with van der Waals surface area (Å²) < 4.78 is 14.5. The minimum absolute atomic E-state index is 0.205. The molecule has 210 valence electrons. The van der Waals surface area contributed by atoms with Crippen LogP contribution in [0.4, 0.5) is 4.39 Å². The molecular weight excluding hydrogens is 441 g/mol. The predicted molar refractivity (Wildman–Crippen MR) is 147 cm³/mol. The Hall–Kier alpha value is -0.680. The quantitative estimate of drug-likeness (QED) is 0.0994. The molecule has 5 heteroatoms. The van der Waals surface area contributed by atoms with Crippen molar-refractivity contribution in [2.45, 2.75) is 180 Å². The van der Waals surface area contributed by atoms with Gasteiger partial charge < -0.3 is 15.5 Å². The summed E-state index contributed by atoms with van der Waals surface area (Å²) in [6, 6.07) is -0.923. The Balaban J connectivity index is 3.75. The summed E-state index contributed by atoms with van der Waals surface area (Å²) in [5, 5.41) is 22.5. The Morgan fingerprint density at radius 2 is 1.03 bits per heavy atom. The SMILES string of the molecule is CCCCCCCCCCCCCC[C@H](F)[C@H](O)[C@@H](CO)NC(=O)CCCCCCCCCCC. The van der Waals surface area contributed by atoms with E-state index in [-0.39, 0.29) is 12.3 Å². The number of unbranched alkanes of at least 4 members (excludes halogenated alkanes) is 19. The third kappa shape index (κ3) is 22.3. The molecule has 35 heavy (non-hydrogen) atoms. The summed E-state index contributed by atoms with van der Waals surface area (Å²) in [7, 11) is 0. The largest absolute Gasteiger partial charge is 0.394 e. The number of nitrogens with one attached hydrogen (secondary N) is 1. The average molecular weight is 502 g/mol. The molecule has 0 aliphatic carbocycles. The van der Waals surface area contributed by atoms with Crippen molar-refractivity contribution in [1.82, 2.24) is 5.32 Å². The van der Waals surface area contributed by atoms with E-state index in [4.69, 9.17) is 0 Å². The Morgan fingerprint density at radius 3 is 1.43 bits per heavy atom. The van der Waals surface area contributed by atoms with Gasteiger partial charge >= 0.3 is 0 Å². The summed E-state index contributed by atoms with van der Waals surface area (Å²) in [6.07, 6.45) is 23.1. The zero-order valence-electron chi connectivity index (χ0n) is 23.4. The summed E-state index contributed by atoms with van der Waals surface area (Å²) in [4.78, 5) is 12.2. The molecule has 0 aliphatic heterocycles. The molecule has 0 aromatic heterocycles. The standard InChI is InChI=1S/C30H60FNO3/c1-3-5-7-9-11-13-14-15-17-18-20-22-24-27(31)30(35)28(26-33)32-29(34)25-23-21-19-16-12-10-8-6-4-2/h27-28,30,33,35H,3-26H2,1-2H3,(H,32,34)/t27-,28+,30-/m0/s1. The van der Waals surface area contributed by atoms with E-state index < -0.39 is 24.9 Å². The van der Waals surface area contributed by atoms with Crippen LogP contribution in [0, 0.1) is 0 Å². The van der Waals surface area contributed by atoms with E-state index in [1.54, 1.807) is 0 Å². The summed E-state index contributed by atoms with van der Waals surface area (Å²) >= 11 is 0. The maximum absolute atomic E-state index is 14.5. The number of alkyl halides is 1. The first-order valence-corrected chi connectivity index (χ1v) is 15.3. The van der Waals surface area contributed by atoms with Crippen LogP contribution in [0.5, 0.6) is 0 Å². The van der Waals surface area contributed by atoms with Crippen molar-refractivity contribution in [1.29, 1.82) is 0 Å². The van der Waals surface area contributed by atoms with Gasteiger partial charge in [-0.1, -0.05) is 142 Å². The lowest BCUT2D eigenvalue weighted by atomic mass is 10.00. The minimum Gasteiger partial charge on any atom is -0.394 e. The van der Waals surface area contributed by atoms with Crippen molar-refractivity contribution in [3.8, 4) is 0 Å². The number of amides is 1. The van der Waals surface area contributed by atoms with E-state index in [0.29, 0.717) is 6.42 Å². The van der Waals surface area contributed by atoms with Gasteiger partial charge in [-0.25, -0.2) is 4.39 Å². The molecule has 4 nitrogen and oxygen atoms in total. The second-order valence-corrected chi connectivity index (χ2v) is 10.6. The second kappa shape index (κ2) is 26.4. The van der Waals surface area contributed by atoms with E-state index in [2.05, 4.69) is 19.2 Å². The molecule has 0 saturated heterocycles. The van der Waals surface area contributed by atoms with Gasteiger partial charge in [-0.05, 0) is 12.8 Å². The van der Waals surface area contributed by atoms with Gasteiger partial charge in [0.25, 0.3) is 0 Å². The summed E-state index contributed by atoms with van der Waals surface area (Å²) in [5.74, 6) is -0.205. The van der Waals surface area contributed by atoms with Gasteiger partial charge in [0.05, 0.1) is 12.6 Å². The lowest BCUT2D eigenvalue weighted by Gasteiger charge is -2.25. The first kappa shape index (κ1) is 34.3. The van der Waals surface area contributed by atoms with Crippen LogP contribution in [0.15, 0.2) is 0 Å². The van der Waals surface area contributed by atoms with Gasteiger partial charge in [-0.2, -0.15) is 0 Å². The fourth-order valence-corrected chi connectivity index (χ4v) is 4.72. The number of rotatable bonds is 27. The van der Waals surface area contributed by atoms with Crippen LogP contribution in [-0.4, -0.2) is 41.0 Å². The number of aliphatic hydroxyl groups is 2. The number of hydrogen-bond acceptors (Lipinski definition) is 3. The fraction of sp³-hybridized carbons (Fsp3) is 0.967. The van der Waals surface area contributed by atoms with Crippen LogP contribution in [0.25, 0.3) is 0 Å². The number of carbonyl (C=O) groups excluding carboxylic acids is 1. The molecule has 3 atom stereocenters. The first-order chi connectivity index (χ1) is 17.1. The molecular formula is C30H60FNO3. The van der Waals surface area contributed by atoms with Crippen molar-refractivity contribution in [3.63, 3.8) is 0 Å². The molecule has 0 aromatic rings. The summed E-state index contributed by atoms with van der Waals surface area (Å²) in [6.45, 7) is 4.02. The van der Waals surface area contributed by atoms with E-state index in [1.807, 2.05) is 0 Å². The van der Waals surface area contributed by atoms with Crippen LogP contribution < -0.4 is 5.32 Å². The van der Waals surface area contributed by atoms with Crippen LogP contribution in [0.3, 0.4) is 0 Å². The van der Waals surface area contributed by atoms with Crippen LogP contribution in [0.1, 0.15) is 162 Å². The smallest absolute Gasteiger partial charge is 0.220 e. The molecule has 0 bridgehead atoms. The molecule has 0 heterocycles. The van der Waals surface area contributed by atoms with E-state index >= 15 is 0 Å². The zero-order valence-corrected chi connectivity index (χ0v) is 23.4. The van der Waals surface area contributed by atoms with E-state index in [0.717, 1.165) is 38.5 Å². The highest BCUT2D eigenvalue weighted by atomic mass is 19.1. The third-order valence-corrected chi connectivity index (χ3v) is 7.17. The topological polar surface area (TPSA) is 69.6 Å². The van der Waals surface area contributed by atoms with Crippen molar-refractivity contribution in [2.24, 2.45) is 0 Å². The molecule has 1 amide bonds. The Kier molecular flexibility index (Phi) is 25.9. The zero-order chi connectivity index (χ0) is 26.0. The van der Waals surface area contributed by atoms with Crippen molar-refractivity contribution in [3.05, 3.63) is 0 Å². The molecule has 0 spiro atoms. The normalized spacial score (nSPS) is 14.1. The van der Waals surface area contributed by atoms with Crippen LogP contribution in [0.2, 0.25) is 0 Å². The molecule has 0 rings (SSSR count). The lowest BCUT2D eigenvalue weighted by Crippen LogP contribution is -2.49. The fourth-order valence-electron chi connectivity index (χ4n) is 4.72. The maximum Gasteiger partial charge on any atom is 0.220 e. The van der Waals surface area contributed by atoms with Crippen molar-refractivity contribution < 1.29 is 19.4 Å².